The Morgan fingerprint density at radius 1 is 1.45 bits per heavy atom. The number of esters is 1. The zero-order valence-electron chi connectivity index (χ0n) is 6.68. The maximum atomic E-state index is 10.6. The van der Waals surface area contributed by atoms with Crippen LogP contribution in [0.15, 0.2) is 0 Å². The van der Waals surface area contributed by atoms with Crippen molar-refractivity contribution in [3.05, 3.63) is 0 Å². The number of rotatable bonds is 1. The van der Waals surface area contributed by atoms with E-state index in [2.05, 4.69) is 15.9 Å². The summed E-state index contributed by atoms with van der Waals surface area (Å²) in [4.78, 5) is 11.0. The van der Waals surface area contributed by atoms with Crippen LogP contribution in [0.2, 0.25) is 0 Å². The molecule has 0 amide bonds. The van der Waals surface area contributed by atoms with Gasteiger partial charge in [0.25, 0.3) is 0 Å². The van der Waals surface area contributed by atoms with E-state index in [0.29, 0.717) is 4.83 Å². The average molecular weight is 221 g/mol. The lowest BCUT2D eigenvalue weighted by Gasteiger charge is -2.26. The van der Waals surface area contributed by atoms with Gasteiger partial charge in [0.05, 0.1) is 4.83 Å². The Morgan fingerprint density at radius 2 is 2.09 bits per heavy atom. The number of hydrogen-bond acceptors (Lipinski definition) is 2. The summed E-state index contributed by atoms with van der Waals surface area (Å²) in [5.41, 5.74) is 0. The first-order valence-corrected chi connectivity index (χ1v) is 4.93. The Morgan fingerprint density at radius 3 is 2.64 bits per heavy atom. The summed E-state index contributed by atoms with van der Waals surface area (Å²) in [5, 5.41) is 0. The van der Waals surface area contributed by atoms with Gasteiger partial charge in [0, 0.05) is 6.92 Å². The molecule has 1 rings (SSSR count). The van der Waals surface area contributed by atoms with E-state index in [1.807, 2.05) is 0 Å². The Kier molecular flexibility index (Phi) is 3.37. The van der Waals surface area contributed by atoms with Crippen molar-refractivity contribution in [2.45, 2.75) is 43.5 Å². The maximum Gasteiger partial charge on any atom is 0.302 e. The van der Waals surface area contributed by atoms with Gasteiger partial charge in [-0.2, -0.15) is 0 Å². The van der Waals surface area contributed by atoms with Crippen LogP contribution in [-0.2, 0) is 9.53 Å². The third kappa shape index (κ3) is 2.81. The molecule has 1 aliphatic carbocycles. The predicted molar refractivity (Wildman–Crippen MR) is 46.7 cm³/mol. The minimum atomic E-state index is -0.165. The SMILES string of the molecule is CC(=O)OC1CCCCC1Br. The first-order valence-electron chi connectivity index (χ1n) is 4.01. The summed E-state index contributed by atoms with van der Waals surface area (Å²) < 4.78 is 5.12. The second-order valence-corrected chi connectivity index (χ2v) is 4.12. The van der Waals surface area contributed by atoms with E-state index in [9.17, 15) is 4.79 Å². The molecule has 1 aliphatic rings. The first kappa shape index (κ1) is 9.04. The van der Waals surface area contributed by atoms with Crippen molar-refractivity contribution in [2.24, 2.45) is 0 Å². The molecule has 0 heterocycles. The third-order valence-corrected chi connectivity index (χ3v) is 2.99. The molecule has 0 aromatic carbocycles. The van der Waals surface area contributed by atoms with Crippen molar-refractivity contribution in [1.29, 1.82) is 0 Å². The van der Waals surface area contributed by atoms with Crippen LogP contribution in [0.5, 0.6) is 0 Å². The summed E-state index contributed by atoms with van der Waals surface area (Å²) in [7, 11) is 0. The molecule has 11 heavy (non-hydrogen) atoms. The van der Waals surface area contributed by atoms with Gasteiger partial charge in [-0.25, -0.2) is 0 Å². The molecule has 2 nitrogen and oxygen atoms in total. The average Bonchev–Trinajstić information content (AvgIpc) is 1.93. The van der Waals surface area contributed by atoms with E-state index in [1.165, 1.54) is 19.8 Å². The maximum absolute atomic E-state index is 10.6. The highest BCUT2D eigenvalue weighted by Gasteiger charge is 2.24. The summed E-state index contributed by atoms with van der Waals surface area (Å²) >= 11 is 3.51. The molecule has 0 aromatic rings. The highest BCUT2D eigenvalue weighted by atomic mass is 79.9. The van der Waals surface area contributed by atoms with Crippen molar-refractivity contribution < 1.29 is 9.53 Å². The summed E-state index contributed by atoms with van der Waals surface area (Å²) in [6.07, 6.45) is 4.67. The van der Waals surface area contributed by atoms with Gasteiger partial charge in [0.15, 0.2) is 0 Å². The normalized spacial score (nSPS) is 31.5. The van der Waals surface area contributed by atoms with Gasteiger partial charge in [-0.1, -0.05) is 22.4 Å². The molecule has 1 saturated carbocycles. The van der Waals surface area contributed by atoms with Gasteiger partial charge in [-0.15, -0.1) is 0 Å². The highest BCUT2D eigenvalue weighted by Crippen LogP contribution is 2.26. The molecule has 2 unspecified atom stereocenters. The third-order valence-electron chi connectivity index (χ3n) is 1.94. The van der Waals surface area contributed by atoms with Crippen LogP contribution in [0, 0.1) is 0 Å². The fourth-order valence-corrected chi connectivity index (χ4v) is 2.09. The van der Waals surface area contributed by atoms with Crippen LogP contribution in [-0.4, -0.2) is 16.9 Å². The largest absolute Gasteiger partial charge is 0.461 e. The highest BCUT2D eigenvalue weighted by molar-refractivity contribution is 9.09. The van der Waals surface area contributed by atoms with Gasteiger partial charge >= 0.3 is 5.97 Å². The van der Waals surface area contributed by atoms with Crippen LogP contribution in [0.3, 0.4) is 0 Å². The molecule has 0 N–H and O–H groups in total. The lowest BCUT2D eigenvalue weighted by Crippen LogP contribution is -2.29. The molecule has 64 valence electrons. The van der Waals surface area contributed by atoms with Crippen LogP contribution in [0.1, 0.15) is 32.6 Å². The van der Waals surface area contributed by atoms with E-state index in [4.69, 9.17) is 4.74 Å². The van der Waals surface area contributed by atoms with Crippen LogP contribution >= 0.6 is 15.9 Å². The van der Waals surface area contributed by atoms with E-state index >= 15 is 0 Å². The van der Waals surface area contributed by atoms with Crippen molar-refractivity contribution >= 4 is 21.9 Å². The molecule has 0 aromatic heterocycles. The van der Waals surface area contributed by atoms with Gasteiger partial charge in [-0.3, -0.25) is 4.79 Å². The fourth-order valence-electron chi connectivity index (χ4n) is 1.40. The molecule has 0 spiro atoms. The Bertz CT molecular complexity index is 147. The molecule has 3 heteroatoms. The molecule has 0 bridgehead atoms. The Balaban J connectivity index is 2.35. The van der Waals surface area contributed by atoms with E-state index in [-0.39, 0.29) is 12.1 Å². The van der Waals surface area contributed by atoms with Crippen molar-refractivity contribution in [1.82, 2.24) is 0 Å². The smallest absolute Gasteiger partial charge is 0.302 e. The predicted octanol–water partition coefficient (Wildman–Crippen LogP) is 2.26. The number of carbonyl (C=O) groups excluding carboxylic acids is 1. The topological polar surface area (TPSA) is 26.3 Å². The van der Waals surface area contributed by atoms with E-state index in [0.717, 1.165) is 12.8 Å². The number of hydrogen-bond donors (Lipinski definition) is 0. The van der Waals surface area contributed by atoms with Crippen molar-refractivity contribution in [2.75, 3.05) is 0 Å². The Hall–Kier alpha value is -0.0500. The first-order chi connectivity index (χ1) is 5.20. The van der Waals surface area contributed by atoms with Gasteiger partial charge in [0.2, 0.25) is 0 Å². The molecule has 0 aliphatic heterocycles. The molecule has 2 atom stereocenters. The number of halogens is 1. The summed E-state index contributed by atoms with van der Waals surface area (Å²) in [6.45, 7) is 1.47. The lowest BCUT2D eigenvalue weighted by molar-refractivity contribution is -0.147. The van der Waals surface area contributed by atoms with Crippen molar-refractivity contribution in [3.8, 4) is 0 Å². The van der Waals surface area contributed by atoms with Crippen LogP contribution in [0.4, 0.5) is 0 Å². The summed E-state index contributed by atoms with van der Waals surface area (Å²) in [6, 6.07) is 0. The molecule has 0 radical (unpaired) electrons. The lowest BCUT2D eigenvalue weighted by atomic mass is 9.98. The van der Waals surface area contributed by atoms with Crippen LogP contribution in [0.25, 0.3) is 0 Å². The van der Waals surface area contributed by atoms with Gasteiger partial charge < -0.3 is 4.74 Å². The standard InChI is InChI=1S/C8H13BrO2/c1-6(10)11-8-5-3-2-4-7(8)9/h7-8H,2-5H2,1H3. The number of carbonyl (C=O) groups is 1. The molecule has 0 saturated heterocycles. The minimum absolute atomic E-state index is 0.112. The van der Waals surface area contributed by atoms with Crippen molar-refractivity contribution in [3.63, 3.8) is 0 Å². The summed E-state index contributed by atoms with van der Waals surface area (Å²) in [5.74, 6) is -0.165. The second-order valence-electron chi connectivity index (χ2n) is 2.95. The van der Waals surface area contributed by atoms with Crippen LogP contribution < -0.4 is 0 Å². The number of alkyl halides is 1. The van der Waals surface area contributed by atoms with E-state index in [1.54, 1.807) is 0 Å². The Labute approximate surface area is 75.4 Å². The molecular formula is C8H13BrO2. The monoisotopic (exact) mass is 220 g/mol. The molecule has 1 fully saturated rings. The zero-order valence-corrected chi connectivity index (χ0v) is 8.26. The van der Waals surface area contributed by atoms with Gasteiger partial charge in [-0.05, 0) is 19.3 Å². The quantitative estimate of drug-likeness (QED) is 0.501. The van der Waals surface area contributed by atoms with E-state index < -0.39 is 0 Å². The minimum Gasteiger partial charge on any atom is -0.461 e. The number of ether oxygens (including phenoxy) is 1. The fraction of sp³-hybridized carbons (Fsp3) is 0.875. The molecular weight excluding hydrogens is 208 g/mol. The van der Waals surface area contributed by atoms with Gasteiger partial charge in [0.1, 0.15) is 6.10 Å². The zero-order chi connectivity index (χ0) is 8.27. The second kappa shape index (κ2) is 4.10.